The highest BCUT2D eigenvalue weighted by Crippen LogP contribution is 2.19. The maximum atomic E-state index is 12.5. The van der Waals surface area contributed by atoms with E-state index in [9.17, 15) is 4.79 Å². The van der Waals surface area contributed by atoms with Gasteiger partial charge in [-0.1, -0.05) is 0 Å². The Labute approximate surface area is 146 Å². The van der Waals surface area contributed by atoms with Crippen molar-refractivity contribution in [1.82, 2.24) is 9.88 Å². The number of rotatable bonds is 4. The molecule has 6 heteroatoms. The molecule has 1 aliphatic rings. The monoisotopic (exact) mass is 345 g/mol. The van der Waals surface area contributed by atoms with Crippen LogP contribution in [0.15, 0.2) is 35.2 Å². The highest BCUT2D eigenvalue weighted by molar-refractivity contribution is 7.07. The minimum absolute atomic E-state index is 0.0102. The molecule has 1 saturated heterocycles. The predicted octanol–water partition coefficient (Wildman–Crippen LogP) is 3.03. The zero-order chi connectivity index (χ0) is 17.1. The predicted molar refractivity (Wildman–Crippen MR) is 96.6 cm³/mol. The molecule has 1 fully saturated rings. The summed E-state index contributed by atoms with van der Waals surface area (Å²) in [7, 11) is 1.82. The molecule has 0 bridgehead atoms. The van der Waals surface area contributed by atoms with Crippen LogP contribution in [0, 0.1) is 0 Å². The lowest BCUT2D eigenvalue weighted by molar-refractivity contribution is -0.00546. The van der Waals surface area contributed by atoms with Crippen LogP contribution in [-0.4, -0.2) is 48.1 Å². The average Bonchev–Trinajstić information content (AvgIpc) is 3.06. The highest BCUT2D eigenvalue weighted by atomic mass is 32.1. The first-order valence-electron chi connectivity index (χ1n) is 8.16. The van der Waals surface area contributed by atoms with Gasteiger partial charge in [-0.05, 0) is 48.4 Å². The third kappa shape index (κ3) is 3.94. The maximum absolute atomic E-state index is 12.5. The Hall–Kier alpha value is -1.92. The maximum Gasteiger partial charge on any atom is 0.255 e. The quantitative estimate of drug-likeness (QED) is 0.854. The molecule has 1 amide bonds. The Balaban J connectivity index is 1.66. The molecular weight excluding hydrogens is 322 g/mol. The van der Waals surface area contributed by atoms with E-state index in [0.29, 0.717) is 12.1 Å². The number of carbonyl (C=O) groups excluding carboxylic acids is 1. The lowest BCUT2D eigenvalue weighted by Gasteiger charge is -2.36. The van der Waals surface area contributed by atoms with Gasteiger partial charge in [0.2, 0.25) is 0 Å². The van der Waals surface area contributed by atoms with Gasteiger partial charge in [0.05, 0.1) is 17.8 Å². The van der Waals surface area contributed by atoms with Crippen molar-refractivity contribution in [3.63, 3.8) is 0 Å². The van der Waals surface area contributed by atoms with Crippen LogP contribution in [0.1, 0.15) is 29.8 Å². The van der Waals surface area contributed by atoms with E-state index in [1.54, 1.807) is 22.4 Å². The first-order valence-corrected chi connectivity index (χ1v) is 9.10. The molecule has 0 unspecified atom stereocenters. The second-order valence-electron chi connectivity index (χ2n) is 6.36. The number of pyridine rings is 1. The molecule has 3 rings (SSSR count). The number of morpholine rings is 1. The van der Waals surface area contributed by atoms with Gasteiger partial charge in [0.1, 0.15) is 5.82 Å². The van der Waals surface area contributed by atoms with Crippen molar-refractivity contribution in [2.75, 3.05) is 25.0 Å². The summed E-state index contributed by atoms with van der Waals surface area (Å²) >= 11 is 1.64. The first-order chi connectivity index (χ1) is 11.5. The number of thiophene rings is 1. The summed E-state index contributed by atoms with van der Waals surface area (Å²) < 4.78 is 5.75. The third-order valence-electron chi connectivity index (χ3n) is 4.08. The Morgan fingerprint density at radius 2 is 2.08 bits per heavy atom. The zero-order valence-electron chi connectivity index (χ0n) is 14.3. The van der Waals surface area contributed by atoms with Crippen molar-refractivity contribution in [3.8, 4) is 0 Å². The molecule has 1 aliphatic heterocycles. The smallest absolute Gasteiger partial charge is 0.255 e. The normalized spacial score (nSPS) is 20.9. The average molecular weight is 345 g/mol. The number of nitrogens with zero attached hydrogens (tertiary/aromatic N) is 3. The summed E-state index contributed by atoms with van der Waals surface area (Å²) in [4.78, 5) is 20.9. The fraction of sp³-hybridized carbons (Fsp3) is 0.444. The first kappa shape index (κ1) is 16.9. The molecule has 3 heterocycles. The lowest BCUT2D eigenvalue weighted by atomic mass is 10.2. The van der Waals surface area contributed by atoms with Gasteiger partial charge >= 0.3 is 0 Å². The zero-order valence-corrected chi connectivity index (χ0v) is 15.1. The van der Waals surface area contributed by atoms with Gasteiger partial charge in [0, 0.05) is 32.9 Å². The van der Waals surface area contributed by atoms with Gasteiger partial charge < -0.3 is 14.5 Å². The Bertz CT molecular complexity index is 662. The minimum atomic E-state index is -0.0102. The van der Waals surface area contributed by atoms with E-state index in [1.165, 1.54) is 0 Å². The number of hydrogen-bond donors (Lipinski definition) is 0. The van der Waals surface area contributed by atoms with Gasteiger partial charge in [-0.2, -0.15) is 11.3 Å². The summed E-state index contributed by atoms with van der Waals surface area (Å²) in [5.41, 5.74) is 1.77. The van der Waals surface area contributed by atoms with E-state index in [4.69, 9.17) is 4.74 Å². The number of anilines is 1. The molecule has 2 aromatic heterocycles. The number of carbonyl (C=O) groups is 1. The van der Waals surface area contributed by atoms with Crippen LogP contribution in [0.25, 0.3) is 0 Å². The van der Waals surface area contributed by atoms with Gasteiger partial charge in [-0.3, -0.25) is 4.79 Å². The van der Waals surface area contributed by atoms with Crippen molar-refractivity contribution in [3.05, 3.63) is 46.3 Å². The highest BCUT2D eigenvalue weighted by Gasteiger charge is 2.23. The summed E-state index contributed by atoms with van der Waals surface area (Å²) in [5.74, 6) is 0.887. The van der Waals surface area contributed by atoms with Crippen LogP contribution in [-0.2, 0) is 11.3 Å². The number of hydrogen-bond acceptors (Lipinski definition) is 5. The Morgan fingerprint density at radius 1 is 1.33 bits per heavy atom. The minimum Gasteiger partial charge on any atom is -0.372 e. The van der Waals surface area contributed by atoms with E-state index in [1.807, 2.05) is 30.6 Å². The van der Waals surface area contributed by atoms with Crippen LogP contribution in [0.5, 0.6) is 0 Å². The molecule has 2 atom stereocenters. The number of amides is 1. The molecule has 128 valence electrons. The molecule has 0 saturated carbocycles. The molecule has 2 aromatic rings. The lowest BCUT2D eigenvalue weighted by Crippen LogP contribution is -2.45. The second kappa shape index (κ2) is 7.32. The standard InChI is InChI=1S/C18H23N3O2S/c1-13-9-21(10-14(2)23-13)17-5-4-16(8-19-17)18(22)20(3)11-15-6-7-24-12-15/h4-8,12-14H,9-11H2,1-3H3/t13-,14+. The molecule has 0 aliphatic carbocycles. The van der Waals surface area contributed by atoms with Crippen molar-refractivity contribution in [1.29, 1.82) is 0 Å². The van der Waals surface area contributed by atoms with E-state index in [0.717, 1.165) is 24.5 Å². The van der Waals surface area contributed by atoms with E-state index >= 15 is 0 Å². The number of ether oxygens (including phenoxy) is 1. The molecule has 0 spiro atoms. The number of aromatic nitrogens is 1. The Morgan fingerprint density at radius 3 is 2.67 bits per heavy atom. The van der Waals surface area contributed by atoms with Crippen LogP contribution in [0.3, 0.4) is 0 Å². The van der Waals surface area contributed by atoms with Crippen molar-refractivity contribution in [2.45, 2.75) is 32.6 Å². The van der Waals surface area contributed by atoms with Crippen LogP contribution in [0.2, 0.25) is 0 Å². The fourth-order valence-electron chi connectivity index (χ4n) is 3.01. The van der Waals surface area contributed by atoms with Crippen LogP contribution < -0.4 is 4.90 Å². The molecule has 0 N–H and O–H groups in total. The molecule has 0 aromatic carbocycles. The Kier molecular flexibility index (Phi) is 5.16. The van der Waals surface area contributed by atoms with Crippen molar-refractivity contribution >= 4 is 23.1 Å². The van der Waals surface area contributed by atoms with Gasteiger partial charge in [-0.25, -0.2) is 4.98 Å². The third-order valence-corrected chi connectivity index (χ3v) is 4.82. The second-order valence-corrected chi connectivity index (χ2v) is 7.14. The van der Waals surface area contributed by atoms with Gasteiger partial charge in [-0.15, -0.1) is 0 Å². The summed E-state index contributed by atoms with van der Waals surface area (Å²) in [6.07, 6.45) is 2.05. The van der Waals surface area contributed by atoms with E-state index in [2.05, 4.69) is 29.1 Å². The van der Waals surface area contributed by atoms with Crippen molar-refractivity contribution < 1.29 is 9.53 Å². The van der Waals surface area contributed by atoms with Gasteiger partial charge in [0.25, 0.3) is 5.91 Å². The summed E-state index contributed by atoms with van der Waals surface area (Å²) in [6, 6.07) is 5.83. The van der Waals surface area contributed by atoms with Crippen LogP contribution >= 0.6 is 11.3 Å². The van der Waals surface area contributed by atoms with Crippen molar-refractivity contribution in [2.24, 2.45) is 0 Å². The molecule has 5 nitrogen and oxygen atoms in total. The SMILES string of the molecule is C[C@@H]1CN(c2ccc(C(=O)N(C)Cc3ccsc3)cn2)C[C@H](C)O1. The topological polar surface area (TPSA) is 45.7 Å². The molecule has 0 radical (unpaired) electrons. The molecular formula is C18H23N3O2S. The fourth-order valence-corrected chi connectivity index (χ4v) is 3.67. The molecule has 24 heavy (non-hydrogen) atoms. The van der Waals surface area contributed by atoms with E-state index < -0.39 is 0 Å². The van der Waals surface area contributed by atoms with E-state index in [-0.39, 0.29) is 18.1 Å². The summed E-state index contributed by atoms with van der Waals surface area (Å²) in [6.45, 7) is 6.40. The largest absolute Gasteiger partial charge is 0.372 e. The summed E-state index contributed by atoms with van der Waals surface area (Å²) in [5, 5.41) is 4.08. The van der Waals surface area contributed by atoms with Gasteiger partial charge in [0.15, 0.2) is 0 Å². The van der Waals surface area contributed by atoms with Crippen LogP contribution in [0.4, 0.5) is 5.82 Å².